The van der Waals surface area contributed by atoms with E-state index >= 15 is 0 Å². The molecule has 0 bridgehead atoms. The molecule has 7 heteroatoms. The number of aromatic amines is 1. The standard InChI is InChI=1S/C16H19FN4O2/c1-11-18-16(20-19-11)14-9-21(8-12(14)7-17)15(22)10-23-13-5-3-2-4-6-13/h2-6,12,14H,7-10H2,1H3,(H,18,19,20). The van der Waals surface area contributed by atoms with Gasteiger partial charge in [-0.25, -0.2) is 4.98 Å². The fourth-order valence-electron chi connectivity index (χ4n) is 2.80. The number of ether oxygens (including phenoxy) is 1. The molecule has 0 radical (unpaired) electrons. The van der Waals surface area contributed by atoms with Crippen LogP contribution in [0.25, 0.3) is 0 Å². The number of H-pyrrole nitrogens is 1. The van der Waals surface area contributed by atoms with Crippen molar-refractivity contribution in [2.24, 2.45) is 5.92 Å². The third-order valence-electron chi connectivity index (χ3n) is 4.04. The molecule has 1 saturated heterocycles. The number of para-hydroxylation sites is 1. The molecule has 2 aromatic rings. The molecule has 1 N–H and O–H groups in total. The quantitative estimate of drug-likeness (QED) is 0.911. The van der Waals surface area contributed by atoms with Gasteiger partial charge in [0.1, 0.15) is 11.6 Å². The van der Waals surface area contributed by atoms with E-state index in [0.29, 0.717) is 30.5 Å². The molecule has 1 amide bonds. The number of aromatic nitrogens is 3. The van der Waals surface area contributed by atoms with Gasteiger partial charge in [-0.2, -0.15) is 5.10 Å². The molecule has 1 fully saturated rings. The number of halogens is 1. The van der Waals surface area contributed by atoms with Gasteiger partial charge in [0.15, 0.2) is 12.4 Å². The molecule has 2 heterocycles. The second kappa shape index (κ2) is 6.76. The minimum atomic E-state index is -0.498. The van der Waals surface area contributed by atoms with Gasteiger partial charge in [0.05, 0.1) is 6.67 Å². The minimum absolute atomic E-state index is 0.0528. The number of hydrogen-bond donors (Lipinski definition) is 1. The smallest absolute Gasteiger partial charge is 0.260 e. The van der Waals surface area contributed by atoms with Gasteiger partial charge in [0, 0.05) is 24.9 Å². The zero-order valence-electron chi connectivity index (χ0n) is 12.9. The number of carbonyl (C=O) groups is 1. The fraction of sp³-hybridized carbons (Fsp3) is 0.438. The summed E-state index contributed by atoms with van der Waals surface area (Å²) in [5, 5.41) is 6.88. The number of hydrogen-bond acceptors (Lipinski definition) is 4. The molecular weight excluding hydrogens is 299 g/mol. The predicted octanol–water partition coefficient (Wildman–Crippen LogP) is 1.70. The SMILES string of the molecule is Cc1nc(C2CN(C(=O)COc3ccccc3)CC2CF)n[nH]1. The van der Waals surface area contributed by atoms with Crippen LogP contribution in [0.2, 0.25) is 0 Å². The van der Waals surface area contributed by atoms with Gasteiger partial charge in [-0.3, -0.25) is 14.3 Å². The Bertz CT molecular complexity index is 661. The Morgan fingerprint density at radius 3 is 2.83 bits per heavy atom. The molecule has 2 atom stereocenters. The summed E-state index contributed by atoms with van der Waals surface area (Å²) in [6.07, 6.45) is 0. The van der Waals surface area contributed by atoms with Gasteiger partial charge >= 0.3 is 0 Å². The van der Waals surface area contributed by atoms with Crippen molar-refractivity contribution in [2.75, 3.05) is 26.4 Å². The van der Waals surface area contributed by atoms with Crippen LogP contribution in [0.4, 0.5) is 4.39 Å². The molecule has 0 saturated carbocycles. The number of likely N-dealkylation sites (tertiary alicyclic amines) is 1. The summed E-state index contributed by atoms with van der Waals surface area (Å²) in [6.45, 7) is 2.03. The summed E-state index contributed by atoms with van der Waals surface area (Å²) < 4.78 is 18.8. The number of rotatable bonds is 5. The first-order chi connectivity index (χ1) is 11.2. The third-order valence-corrected chi connectivity index (χ3v) is 4.04. The van der Waals surface area contributed by atoms with Crippen molar-refractivity contribution in [1.82, 2.24) is 20.1 Å². The Morgan fingerprint density at radius 1 is 1.39 bits per heavy atom. The highest BCUT2D eigenvalue weighted by atomic mass is 19.1. The van der Waals surface area contributed by atoms with E-state index in [9.17, 15) is 9.18 Å². The summed E-state index contributed by atoms with van der Waals surface area (Å²) in [4.78, 5) is 18.2. The first kappa shape index (κ1) is 15.5. The maximum Gasteiger partial charge on any atom is 0.260 e. The van der Waals surface area contributed by atoms with E-state index in [0.717, 1.165) is 0 Å². The number of nitrogens with one attached hydrogen (secondary N) is 1. The normalized spacial score (nSPS) is 20.7. The molecular formula is C16H19FN4O2. The second-order valence-corrected chi connectivity index (χ2v) is 5.70. The third kappa shape index (κ3) is 3.49. The highest BCUT2D eigenvalue weighted by Crippen LogP contribution is 2.31. The molecule has 1 aliphatic rings. The molecule has 2 unspecified atom stereocenters. The zero-order chi connectivity index (χ0) is 16.2. The van der Waals surface area contributed by atoms with Crippen molar-refractivity contribution >= 4 is 5.91 Å². The van der Waals surface area contributed by atoms with E-state index in [-0.39, 0.29) is 24.3 Å². The van der Waals surface area contributed by atoms with Crippen molar-refractivity contribution in [2.45, 2.75) is 12.8 Å². The lowest BCUT2D eigenvalue weighted by Gasteiger charge is -2.16. The number of alkyl halides is 1. The first-order valence-electron chi connectivity index (χ1n) is 7.58. The Labute approximate surface area is 133 Å². The molecule has 1 aromatic heterocycles. The maximum atomic E-state index is 13.3. The lowest BCUT2D eigenvalue weighted by Crippen LogP contribution is -2.33. The van der Waals surface area contributed by atoms with Crippen LogP contribution in [0.5, 0.6) is 5.75 Å². The van der Waals surface area contributed by atoms with Crippen LogP contribution in [0.3, 0.4) is 0 Å². The number of amides is 1. The summed E-state index contributed by atoms with van der Waals surface area (Å²) >= 11 is 0. The molecule has 1 aromatic carbocycles. The Kier molecular flexibility index (Phi) is 4.55. The highest BCUT2D eigenvalue weighted by molar-refractivity contribution is 5.78. The average molecular weight is 318 g/mol. The number of benzene rings is 1. The first-order valence-corrected chi connectivity index (χ1v) is 7.58. The van der Waals surface area contributed by atoms with Crippen LogP contribution >= 0.6 is 0 Å². The summed E-state index contributed by atoms with van der Waals surface area (Å²) in [7, 11) is 0. The topological polar surface area (TPSA) is 71.1 Å². The van der Waals surface area contributed by atoms with Crippen LogP contribution in [-0.4, -0.2) is 52.4 Å². The Balaban J connectivity index is 1.61. The molecule has 0 aliphatic carbocycles. The summed E-state index contributed by atoms with van der Waals surface area (Å²) in [6, 6.07) is 9.15. The maximum absolute atomic E-state index is 13.3. The van der Waals surface area contributed by atoms with Gasteiger partial charge in [-0.1, -0.05) is 18.2 Å². The number of aryl methyl sites for hydroxylation is 1. The summed E-state index contributed by atoms with van der Waals surface area (Å²) in [5.74, 6) is 1.31. The van der Waals surface area contributed by atoms with Crippen LogP contribution in [0, 0.1) is 12.8 Å². The number of carbonyl (C=O) groups excluding carboxylic acids is 1. The van der Waals surface area contributed by atoms with E-state index in [1.54, 1.807) is 24.0 Å². The van der Waals surface area contributed by atoms with Gasteiger partial charge in [0.2, 0.25) is 0 Å². The fourth-order valence-corrected chi connectivity index (χ4v) is 2.80. The molecule has 0 spiro atoms. The molecule has 3 rings (SSSR count). The predicted molar refractivity (Wildman–Crippen MR) is 81.8 cm³/mol. The van der Waals surface area contributed by atoms with E-state index in [1.165, 1.54) is 0 Å². The van der Waals surface area contributed by atoms with E-state index in [4.69, 9.17) is 4.74 Å². The Morgan fingerprint density at radius 2 is 2.17 bits per heavy atom. The zero-order valence-corrected chi connectivity index (χ0v) is 12.9. The molecule has 122 valence electrons. The van der Waals surface area contributed by atoms with Crippen LogP contribution in [0.1, 0.15) is 17.6 Å². The van der Waals surface area contributed by atoms with Gasteiger partial charge in [-0.05, 0) is 19.1 Å². The monoisotopic (exact) mass is 318 g/mol. The van der Waals surface area contributed by atoms with Crippen molar-refractivity contribution in [3.8, 4) is 5.75 Å². The lowest BCUT2D eigenvalue weighted by molar-refractivity contribution is -0.132. The van der Waals surface area contributed by atoms with E-state index in [1.807, 2.05) is 18.2 Å². The van der Waals surface area contributed by atoms with Gasteiger partial charge in [-0.15, -0.1) is 0 Å². The highest BCUT2D eigenvalue weighted by Gasteiger charge is 2.38. The molecule has 23 heavy (non-hydrogen) atoms. The van der Waals surface area contributed by atoms with Crippen LogP contribution < -0.4 is 4.74 Å². The van der Waals surface area contributed by atoms with Gasteiger partial charge < -0.3 is 9.64 Å². The molecule has 6 nitrogen and oxygen atoms in total. The van der Waals surface area contributed by atoms with E-state index in [2.05, 4.69) is 15.2 Å². The Hall–Kier alpha value is -2.44. The van der Waals surface area contributed by atoms with Crippen molar-refractivity contribution in [1.29, 1.82) is 0 Å². The van der Waals surface area contributed by atoms with E-state index < -0.39 is 6.67 Å². The van der Waals surface area contributed by atoms with Crippen molar-refractivity contribution in [3.63, 3.8) is 0 Å². The summed E-state index contributed by atoms with van der Waals surface area (Å²) in [5.41, 5.74) is 0. The van der Waals surface area contributed by atoms with Crippen LogP contribution in [-0.2, 0) is 4.79 Å². The molecule has 1 aliphatic heterocycles. The van der Waals surface area contributed by atoms with Gasteiger partial charge in [0.25, 0.3) is 5.91 Å². The van der Waals surface area contributed by atoms with Crippen molar-refractivity contribution in [3.05, 3.63) is 42.0 Å². The second-order valence-electron chi connectivity index (χ2n) is 5.70. The average Bonchev–Trinajstić information content (AvgIpc) is 3.19. The lowest BCUT2D eigenvalue weighted by atomic mass is 9.97. The van der Waals surface area contributed by atoms with Crippen LogP contribution in [0.15, 0.2) is 30.3 Å². The minimum Gasteiger partial charge on any atom is -0.484 e. The van der Waals surface area contributed by atoms with Crippen molar-refractivity contribution < 1.29 is 13.9 Å². The largest absolute Gasteiger partial charge is 0.484 e. The number of nitrogens with zero attached hydrogens (tertiary/aromatic N) is 3.